The van der Waals surface area contributed by atoms with Gasteiger partial charge in [0.1, 0.15) is 0 Å². The van der Waals surface area contributed by atoms with Crippen molar-refractivity contribution < 1.29 is 47.2 Å². The second kappa shape index (κ2) is 11.3. The fourth-order valence-corrected chi connectivity index (χ4v) is 6.68. The van der Waals surface area contributed by atoms with Crippen molar-refractivity contribution in [1.82, 2.24) is 20.7 Å². The Morgan fingerprint density at radius 3 is 2.42 bits per heavy atom. The van der Waals surface area contributed by atoms with E-state index in [-0.39, 0.29) is 54.2 Å². The van der Waals surface area contributed by atoms with E-state index in [0.29, 0.717) is 25.7 Å². The first kappa shape index (κ1) is 28.1. The minimum Gasteiger partial charge on any atom is -0.481 e. The van der Waals surface area contributed by atoms with Gasteiger partial charge in [-0.15, -0.1) is 0 Å². The maximum Gasteiger partial charge on any atom is 0.315 e. The summed E-state index contributed by atoms with van der Waals surface area (Å²) in [7, 11) is -5.35. The predicted molar refractivity (Wildman–Crippen MR) is 125 cm³/mol. The number of carbonyl (C=O) groups is 5. The number of aliphatic hydroxyl groups is 1. The van der Waals surface area contributed by atoms with Crippen LogP contribution in [0.2, 0.25) is 0 Å². The van der Waals surface area contributed by atoms with Gasteiger partial charge >= 0.3 is 22.1 Å². The molecule has 3 fully saturated rings. The Morgan fingerprint density at radius 1 is 1.08 bits per heavy atom. The van der Waals surface area contributed by atoms with Crippen LogP contribution in [0, 0.1) is 0 Å². The number of carbonyl (C=O) groups excluding carboxylic acids is 4. The van der Waals surface area contributed by atoms with Crippen LogP contribution in [-0.2, 0) is 29.3 Å². The molecule has 36 heavy (non-hydrogen) atoms. The molecule has 0 radical (unpaired) electrons. The number of rotatable bonds is 13. The van der Waals surface area contributed by atoms with Gasteiger partial charge in [-0.05, 0) is 25.7 Å². The largest absolute Gasteiger partial charge is 0.481 e. The lowest BCUT2D eigenvalue weighted by Crippen LogP contribution is -2.54. The number of hydrogen-bond donors (Lipinski definition) is 5. The molecular weight excluding hydrogens is 520 g/mol. The van der Waals surface area contributed by atoms with Gasteiger partial charge in [0.25, 0.3) is 16.7 Å². The summed E-state index contributed by atoms with van der Waals surface area (Å²) in [6.45, 7) is -0.183. The number of unbranched alkanes of at least 4 members (excludes halogenated alkanes) is 3. The molecule has 0 aromatic heterocycles. The zero-order valence-electron chi connectivity index (χ0n) is 19.4. The van der Waals surface area contributed by atoms with Crippen LogP contribution in [0.15, 0.2) is 0 Å². The lowest BCUT2D eigenvalue weighted by Gasteiger charge is -2.31. The molecule has 0 saturated carbocycles. The van der Waals surface area contributed by atoms with E-state index in [4.69, 9.17) is 5.11 Å². The van der Waals surface area contributed by atoms with Crippen molar-refractivity contribution in [2.75, 3.05) is 12.3 Å². The Morgan fingerprint density at radius 2 is 1.78 bits per heavy atom. The Balaban J connectivity index is 1.60. The van der Waals surface area contributed by atoms with Crippen molar-refractivity contribution >= 4 is 51.6 Å². The number of hydrogen-bond acceptors (Lipinski definition) is 9. The number of fused-ring (bicyclic) bond motifs is 1. The summed E-state index contributed by atoms with van der Waals surface area (Å²) in [5, 5.41) is 25.9. The number of carboxylic acids is 1. The molecule has 5 amide bonds. The third kappa shape index (κ3) is 6.10. The molecule has 0 aromatic carbocycles. The smallest absolute Gasteiger partial charge is 0.315 e. The summed E-state index contributed by atoms with van der Waals surface area (Å²) < 4.78 is 32.4. The van der Waals surface area contributed by atoms with Crippen LogP contribution in [0.25, 0.3) is 0 Å². The zero-order valence-corrected chi connectivity index (χ0v) is 21.1. The first-order chi connectivity index (χ1) is 16.8. The van der Waals surface area contributed by atoms with E-state index in [1.807, 2.05) is 0 Å². The molecule has 3 aliphatic heterocycles. The molecule has 3 aliphatic rings. The quantitative estimate of drug-likeness (QED) is 0.0848. The number of urea groups is 1. The molecule has 3 saturated heterocycles. The maximum absolute atomic E-state index is 13.0. The molecule has 14 nitrogen and oxygen atoms in total. The standard InChI is InChI=1S/C20H30N4O10S2/c25-14(7-4-3-6-13-17-12(11-35-13)21-19(30)22-17)23(9-5-1-2-8-16(27)28)24-15(26)10-20(31,18(24)29)36(32,33)34/h12-13,17,31H,1-11H2,(H,27,28)(H2,21,22,30)(H,32,33,34)/t12-,13-,17-,20?/m0/s1. The molecule has 0 aliphatic carbocycles. The predicted octanol–water partition coefficient (Wildman–Crippen LogP) is -0.564. The van der Waals surface area contributed by atoms with Crippen molar-refractivity contribution in [2.45, 2.75) is 80.1 Å². The molecule has 0 spiro atoms. The minimum atomic E-state index is -5.35. The molecule has 3 rings (SSSR count). The minimum absolute atomic E-state index is 0.0125. The Kier molecular flexibility index (Phi) is 8.84. The summed E-state index contributed by atoms with van der Waals surface area (Å²) >= 11 is 1.72. The Bertz CT molecular complexity index is 1020. The van der Waals surface area contributed by atoms with E-state index >= 15 is 0 Å². The Hall–Kier alpha value is -2.43. The SMILES string of the molecule is O=C(O)CCCCCN(C(=O)CCCC[C@@H]1SC[C@@H]2NC(=O)N[C@@H]21)N1C(=O)CC(O)(S(=O)(=O)O)C1=O. The average Bonchev–Trinajstić information content (AvgIpc) is 3.39. The van der Waals surface area contributed by atoms with Gasteiger partial charge in [-0.3, -0.25) is 23.7 Å². The summed E-state index contributed by atoms with van der Waals surface area (Å²) in [5.74, 6) is -3.64. The van der Waals surface area contributed by atoms with Crippen LogP contribution >= 0.6 is 11.8 Å². The van der Waals surface area contributed by atoms with Gasteiger partial charge in [-0.2, -0.15) is 25.2 Å². The molecular formula is C20H30N4O10S2. The number of amides is 5. The van der Waals surface area contributed by atoms with Gasteiger partial charge < -0.3 is 20.8 Å². The number of carboxylic acid groups (broad SMARTS) is 1. The van der Waals surface area contributed by atoms with Gasteiger partial charge in [0, 0.05) is 30.4 Å². The van der Waals surface area contributed by atoms with E-state index in [0.717, 1.165) is 17.2 Å². The van der Waals surface area contributed by atoms with E-state index in [9.17, 15) is 42.0 Å². The van der Waals surface area contributed by atoms with Crippen molar-refractivity contribution in [2.24, 2.45) is 0 Å². The molecule has 4 atom stereocenters. The number of imide groups is 1. The number of nitrogens with one attached hydrogen (secondary N) is 2. The highest BCUT2D eigenvalue weighted by molar-refractivity contribution is 8.00. The summed E-state index contributed by atoms with van der Waals surface area (Å²) in [6, 6.07) is -0.118. The van der Waals surface area contributed by atoms with Crippen LogP contribution in [0.1, 0.15) is 57.8 Å². The average molecular weight is 551 g/mol. The molecule has 3 heterocycles. The normalized spacial score (nSPS) is 27.7. The highest BCUT2D eigenvalue weighted by Gasteiger charge is 2.61. The van der Waals surface area contributed by atoms with Gasteiger partial charge in [0.05, 0.1) is 18.5 Å². The van der Waals surface area contributed by atoms with E-state index in [1.165, 1.54) is 0 Å². The van der Waals surface area contributed by atoms with Crippen molar-refractivity contribution in [3.8, 4) is 0 Å². The fraction of sp³-hybridized carbons (Fsp3) is 0.750. The van der Waals surface area contributed by atoms with Crippen molar-refractivity contribution in [3.05, 3.63) is 0 Å². The molecule has 1 unspecified atom stereocenters. The first-order valence-electron chi connectivity index (χ1n) is 11.6. The van der Waals surface area contributed by atoms with Crippen LogP contribution in [0.4, 0.5) is 4.79 Å². The lowest BCUT2D eigenvalue weighted by atomic mass is 10.0. The van der Waals surface area contributed by atoms with Gasteiger partial charge in [0.15, 0.2) is 0 Å². The third-order valence-corrected chi connectivity index (χ3v) is 9.12. The highest BCUT2D eigenvalue weighted by Crippen LogP contribution is 2.34. The second-order valence-corrected chi connectivity index (χ2v) is 11.9. The van der Waals surface area contributed by atoms with Crippen LogP contribution in [0.5, 0.6) is 0 Å². The monoisotopic (exact) mass is 550 g/mol. The Labute approximate surface area is 211 Å². The van der Waals surface area contributed by atoms with E-state index in [2.05, 4.69) is 10.6 Å². The third-order valence-electron chi connectivity index (χ3n) is 6.44. The number of nitrogens with zero attached hydrogens (tertiary/aromatic N) is 2. The topological polar surface area (TPSA) is 211 Å². The lowest BCUT2D eigenvalue weighted by molar-refractivity contribution is -0.170. The summed E-state index contributed by atoms with van der Waals surface area (Å²) in [5.41, 5.74) is 0. The molecule has 202 valence electrons. The second-order valence-electron chi connectivity index (χ2n) is 9.04. The number of aliphatic carboxylic acids is 1. The van der Waals surface area contributed by atoms with Gasteiger partial charge in [-0.25, -0.2) is 9.80 Å². The van der Waals surface area contributed by atoms with Crippen molar-refractivity contribution in [3.63, 3.8) is 0 Å². The number of hydrazine groups is 1. The molecule has 0 bridgehead atoms. The maximum atomic E-state index is 13.0. The molecule has 0 aromatic rings. The van der Waals surface area contributed by atoms with E-state index in [1.54, 1.807) is 11.8 Å². The summed E-state index contributed by atoms with van der Waals surface area (Å²) in [4.78, 5) is 56.9. The summed E-state index contributed by atoms with van der Waals surface area (Å²) in [6.07, 6.45) is 1.19. The van der Waals surface area contributed by atoms with Gasteiger partial charge in [0.2, 0.25) is 5.91 Å². The molecule has 5 N–H and O–H groups in total. The van der Waals surface area contributed by atoms with Crippen LogP contribution in [0.3, 0.4) is 0 Å². The van der Waals surface area contributed by atoms with E-state index < -0.39 is 45.2 Å². The fourth-order valence-electron chi connectivity index (χ4n) is 4.52. The van der Waals surface area contributed by atoms with Crippen LogP contribution in [-0.4, -0.2) is 97.5 Å². The van der Waals surface area contributed by atoms with Gasteiger partial charge in [-0.1, -0.05) is 12.8 Å². The number of thioether (sulfide) groups is 1. The van der Waals surface area contributed by atoms with Crippen molar-refractivity contribution in [1.29, 1.82) is 0 Å². The van der Waals surface area contributed by atoms with Crippen LogP contribution < -0.4 is 10.6 Å². The molecule has 16 heteroatoms. The highest BCUT2D eigenvalue weighted by atomic mass is 32.2. The first-order valence-corrected chi connectivity index (χ1v) is 14.1. The zero-order chi connectivity index (χ0) is 26.7.